The van der Waals surface area contributed by atoms with E-state index in [1.807, 2.05) is 17.0 Å². The van der Waals surface area contributed by atoms with Crippen LogP contribution in [0, 0.1) is 0 Å². The third-order valence-corrected chi connectivity index (χ3v) is 4.29. The van der Waals surface area contributed by atoms with Crippen molar-refractivity contribution in [3.8, 4) is 0 Å². The summed E-state index contributed by atoms with van der Waals surface area (Å²) >= 11 is 5.91. The fraction of sp³-hybridized carbons (Fsp3) is 0.588. The van der Waals surface area contributed by atoms with E-state index in [1.165, 1.54) is 18.4 Å². The number of halogens is 1. The number of carbonyl (C=O) groups is 1. The smallest absolute Gasteiger partial charge is 0.317 e. The second-order valence-electron chi connectivity index (χ2n) is 5.83. The molecular weight excluding hydrogens is 298 g/mol. The maximum Gasteiger partial charge on any atom is 0.317 e. The highest BCUT2D eigenvalue weighted by atomic mass is 35.5. The Morgan fingerprint density at radius 3 is 2.45 bits per heavy atom. The molecule has 1 aromatic rings. The topological polar surface area (TPSA) is 35.6 Å². The highest BCUT2D eigenvalue weighted by Crippen LogP contribution is 2.13. The summed E-state index contributed by atoms with van der Waals surface area (Å²) in [5, 5.41) is 3.78. The summed E-state index contributed by atoms with van der Waals surface area (Å²) < 4.78 is 0. The van der Waals surface area contributed by atoms with Gasteiger partial charge in [-0.25, -0.2) is 4.79 Å². The lowest BCUT2D eigenvalue weighted by Crippen LogP contribution is -2.51. The number of hydrogen-bond acceptors (Lipinski definition) is 2. The van der Waals surface area contributed by atoms with Gasteiger partial charge in [0.15, 0.2) is 0 Å². The Hall–Kier alpha value is -1.26. The van der Waals surface area contributed by atoms with Crippen molar-refractivity contribution in [2.24, 2.45) is 0 Å². The van der Waals surface area contributed by atoms with Crippen LogP contribution in [0.3, 0.4) is 0 Å². The van der Waals surface area contributed by atoms with Crippen LogP contribution in [0.15, 0.2) is 24.3 Å². The minimum absolute atomic E-state index is 0.0854. The van der Waals surface area contributed by atoms with E-state index in [2.05, 4.69) is 29.3 Å². The molecule has 1 aromatic carbocycles. The first-order chi connectivity index (χ1) is 10.7. The van der Waals surface area contributed by atoms with Gasteiger partial charge >= 0.3 is 6.03 Å². The fourth-order valence-corrected chi connectivity index (χ4v) is 2.77. The monoisotopic (exact) mass is 323 g/mol. The van der Waals surface area contributed by atoms with E-state index in [4.69, 9.17) is 11.6 Å². The maximum atomic E-state index is 12.0. The van der Waals surface area contributed by atoms with Crippen molar-refractivity contribution >= 4 is 17.6 Å². The molecule has 1 aliphatic heterocycles. The molecular formula is C17H26ClN3O. The van der Waals surface area contributed by atoms with E-state index in [1.54, 1.807) is 0 Å². The quantitative estimate of drug-likeness (QED) is 0.815. The first-order valence-electron chi connectivity index (χ1n) is 8.18. The SMILES string of the molecule is CCCCCNC(=O)N1CCN(Cc2ccc(Cl)cc2)CC1. The van der Waals surface area contributed by atoms with Gasteiger partial charge in [0.25, 0.3) is 0 Å². The lowest BCUT2D eigenvalue weighted by atomic mass is 10.2. The van der Waals surface area contributed by atoms with E-state index in [0.717, 1.165) is 50.7 Å². The van der Waals surface area contributed by atoms with Crippen molar-refractivity contribution in [2.75, 3.05) is 32.7 Å². The normalized spacial score (nSPS) is 15.8. The molecule has 0 radical (unpaired) electrons. The standard InChI is InChI=1S/C17H26ClN3O/c1-2-3-4-9-19-17(22)21-12-10-20(11-13-21)14-15-5-7-16(18)8-6-15/h5-8H,2-4,9-14H2,1H3,(H,19,22). The van der Waals surface area contributed by atoms with Crippen LogP contribution in [-0.2, 0) is 6.54 Å². The molecule has 122 valence electrons. The Balaban J connectivity index is 1.68. The molecule has 22 heavy (non-hydrogen) atoms. The van der Waals surface area contributed by atoms with E-state index in [-0.39, 0.29) is 6.03 Å². The predicted molar refractivity (Wildman–Crippen MR) is 91.2 cm³/mol. The van der Waals surface area contributed by atoms with Crippen molar-refractivity contribution in [1.29, 1.82) is 0 Å². The number of benzene rings is 1. The second kappa shape index (κ2) is 9.01. The number of amides is 2. The van der Waals surface area contributed by atoms with Gasteiger partial charge in [-0.05, 0) is 24.1 Å². The van der Waals surface area contributed by atoms with E-state index in [9.17, 15) is 4.79 Å². The molecule has 4 nitrogen and oxygen atoms in total. The molecule has 1 fully saturated rings. The van der Waals surface area contributed by atoms with Crippen molar-refractivity contribution in [2.45, 2.75) is 32.7 Å². The predicted octanol–water partition coefficient (Wildman–Crippen LogP) is 3.36. The van der Waals surface area contributed by atoms with E-state index in [0.29, 0.717) is 0 Å². The van der Waals surface area contributed by atoms with Crippen LogP contribution in [0.25, 0.3) is 0 Å². The van der Waals surface area contributed by atoms with Crippen LogP contribution < -0.4 is 5.32 Å². The molecule has 2 rings (SSSR count). The van der Waals surface area contributed by atoms with Crippen LogP contribution in [0.2, 0.25) is 5.02 Å². The molecule has 0 saturated carbocycles. The van der Waals surface area contributed by atoms with Crippen molar-refractivity contribution in [3.05, 3.63) is 34.9 Å². The number of carbonyl (C=O) groups excluding carboxylic acids is 1. The molecule has 0 bridgehead atoms. The molecule has 2 amide bonds. The lowest BCUT2D eigenvalue weighted by molar-refractivity contribution is 0.135. The third-order valence-electron chi connectivity index (χ3n) is 4.04. The summed E-state index contributed by atoms with van der Waals surface area (Å²) in [5.74, 6) is 0. The minimum atomic E-state index is 0.0854. The Kier molecular flexibility index (Phi) is 7.00. The van der Waals surface area contributed by atoms with Gasteiger partial charge < -0.3 is 10.2 Å². The minimum Gasteiger partial charge on any atom is -0.338 e. The highest BCUT2D eigenvalue weighted by Gasteiger charge is 2.20. The van der Waals surface area contributed by atoms with Gasteiger partial charge in [-0.1, -0.05) is 43.5 Å². The number of nitrogens with one attached hydrogen (secondary N) is 1. The van der Waals surface area contributed by atoms with Gasteiger partial charge in [0.1, 0.15) is 0 Å². The van der Waals surface area contributed by atoms with Gasteiger partial charge in [-0.2, -0.15) is 0 Å². The molecule has 0 unspecified atom stereocenters. The van der Waals surface area contributed by atoms with Gasteiger partial charge in [0.2, 0.25) is 0 Å². The fourth-order valence-electron chi connectivity index (χ4n) is 2.64. The van der Waals surface area contributed by atoms with Crippen LogP contribution in [0.1, 0.15) is 31.7 Å². The third kappa shape index (κ3) is 5.50. The van der Waals surface area contributed by atoms with Crippen molar-refractivity contribution in [1.82, 2.24) is 15.1 Å². The average molecular weight is 324 g/mol. The zero-order chi connectivity index (χ0) is 15.8. The van der Waals surface area contributed by atoms with Crippen LogP contribution in [-0.4, -0.2) is 48.6 Å². The molecule has 1 heterocycles. The molecule has 0 aromatic heterocycles. The summed E-state index contributed by atoms with van der Waals surface area (Å²) in [6.07, 6.45) is 3.42. The highest BCUT2D eigenvalue weighted by molar-refractivity contribution is 6.30. The van der Waals surface area contributed by atoms with Gasteiger partial charge in [0, 0.05) is 44.3 Å². The van der Waals surface area contributed by atoms with Gasteiger partial charge in [-0.3, -0.25) is 4.90 Å². The first-order valence-corrected chi connectivity index (χ1v) is 8.56. The van der Waals surface area contributed by atoms with Crippen molar-refractivity contribution in [3.63, 3.8) is 0 Å². The molecule has 0 spiro atoms. The summed E-state index contributed by atoms with van der Waals surface area (Å²) in [5.41, 5.74) is 1.27. The van der Waals surface area contributed by atoms with Gasteiger partial charge in [0.05, 0.1) is 0 Å². The Morgan fingerprint density at radius 1 is 1.14 bits per heavy atom. The van der Waals surface area contributed by atoms with Crippen LogP contribution in [0.4, 0.5) is 4.79 Å². The number of unbranched alkanes of at least 4 members (excludes halogenated alkanes) is 2. The molecule has 0 aliphatic carbocycles. The number of urea groups is 1. The van der Waals surface area contributed by atoms with Crippen LogP contribution in [0.5, 0.6) is 0 Å². The molecule has 0 atom stereocenters. The molecule has 1 N–H and O–H groups in total. The first kappa shape index (κ1) is 17.1. The zero-order valence-electron chi connectivity index (χ0n) is 13.4. The number of piperazine rings is 1. The number of rotatable bonds is 6. The number of hydrogen-bond donors (Lipinski definition) is 1. The Bertz CT molecular complexity index is 455. The molecule has 5 heteroatoms. The number of nitrogens with zero attached hydrogens (tertiary/aromatic N) is 2. The lowest BCUT2D eigenvalue weighted by Gasteiger charge is -2.34. The van der Waals surface area contributed by atoms with Crippen LogP contribution >= 0.6 is 11.6 Å². The average Bonchev–Trinajstić information content (AvgIpc) is 2.54. The molecule has 1 aliphatic rings. The van der Waals surface area contributed by atoms with E-state index >= 15 is 0 Å². The molecule has 1 saturated heterocycles. The Labute approximate surface area is 138 Å². The summed E-state index contributed by atoms with van der Waals surface area (Å²) in [4.78, 5) is 16.3. The summed E-state index contributed by atoms with van der Waals surface area (Å²) in [6, 6.07) is 8.07. The van der Waals surface area contributed by atoms with Gasteiger partial charge in [-0.15, -0.1) is 0 Å². The van der Waals surface area contributed by atoms with Crippen molar-refractivity contribution < 1.29 is 4.79 Å². The largest absolute Gasteiger partial charge is 0.338 e. The maximum absolute atomic E-state index is 12.0. The Morgan fingerprint density at radius 2 is 1.82 bits per heavy atom. The zero-order valence-corrected chi connectivity index (χ0v) is 14.1. The summed E-state index contributed by atoms with van der Waals surface area (Å²) in [6.45, 7) is 7.32. The van der Waals surface area contributed by atoms with E-state index < -0.39 is 0 Å². The summed E-state index contributed by atoms with van der Waals surface area (Å²) in [7, 11) is 0. The second-order valence-corrected chi connectivity index (χ2v) is 6.27.